The Morgan fingerprint density at radius 2 is 2.00 bits per heavy atom. The van der Waals surface area contributed by atoms with Crippen LogP contribution >= 0.6 is 0 Å². The van der Waals surface area contributed by atoms with Crippen LogP contribution in [0.1, 0.15) is 6.92 Å². The Hall–Kier alpha value is -1.14. The van der Waals surface area contributed by atoms with Crippen LogP contribution in [0.2, 0.25) is 0 Å². The van der Waals surface area contributed by atoms with Crippen molar-refractivity contribution < 1.29 is 9.59 Å². The second-order valence-corrected chi connectivity index (χ2v) is 2.29. The van der Waals surface area contributed by atoms with Gasteiger partial charge in [0.15, 0.2) is 0 Å². The van der Waals surface area contributed by atoms with Crippen LogP contribution in [0.3, 0.4) is 0 Å². The lowest BCUT2D eigenvalue weighted by molar-refractivity contribution is -0.122. The molecule has 0 aliphatic rings. The Kier molecular flexibility index (Phi) is 4.98. The maximum absolute atomic E-state index is 10.9. The molecule has 0 aliphatic heterocycles. The molecule has 70 valence electrons. The van der Waals surface area contributed by atoms with Gasteiger partial charge in [0.1, 0.15) is 0 Å². The van der Waals surface area contributed by atoms with E-state index in [1.807, 2.05) is 0 Å². The summed E-state index contributed by atoms with van der Waals surface area (Å²) in [5.74, 6) is -0.581. The van der Waals surface area contributed by atoms with Gasteiger partial charge < -0.3 is 22.1 Å². The highest BCUT2D eigenvalue weighted by Gasteiger charge is 2.09. The molecular formula is C6H14N4O2. The van der Waals surface area contributed by atoms with Gasteiger partial charge in [-0.05, 0) is 0 Å². The summed E-state index contributed by atoms with van der Waals surface area (Å²) in [6.07, 6.45) is 0. The molecule has 0 aliphatic carbocycles. The van der Waals surface area contributed by atoms with Crippen molar-refractivity contribution in [3.63, 3.8) is 0 Å². The Labute approximate surface area is 70.7 Å². The summed E-state index contributed by atoms with van der Waals surface area (Å²) in [6, 6.07) is -0.709. The largest absolute Gasteiger partial charge is 0.339 e. The van der Waals surface area contributed by atoms with Gasteiger partial charge in [0.25, 0.3) is 0 Å². The highest BCUT2D eigenvalue weighted by atomic mass is 16.2. The molecule has 0 bridgehead atoms. The molecule has 6 heteroatoms. The zero-order valence-electron chi connectivity index (χ0n) is 6.96. The lowest BCUT2D eigenvalue weighted by Gasteiger charge is -2.09. The molecule has 6 N–H and O–H groups in total. The predicted octanol–water partition coefficient (Wildman–Crippen LogP) is -2.52. The van der Waals surface area contributed by atoms with Gasteiger partial charge in [0, 0.05) is 13.5 Å². The number of amides is 2. The molecule has 6 nitrogen and oxygen atoms in total. The SMILES string of the molecule is CC(=O)NCNC(=O)C(N)CN. The Morgan fingerprint density at radius 3 is 2.42 bits per heavy atom. The Morgan fingerprint density at radius 1 is 1.42 bits per heavy atom. The third kappa shape index (κ3) is 4.64. The molecule has 1 atom stereocenters. The summed E-state index contributed by atoms with van der Waals surface area (Å²) in [4.78, 5) is 21.2. The van der Waals surface area contributed by atoms with Gasteiger partial charge in [-0.3, -0.25) is 9.59 Å². The van der Waals surface area contributed by atoms with Gasteiger partial charge in [0.05, 0.1) is 12.7 Å². The minimum absolute atomic E-state index is 0.0852. The number of carbonyl (C=O) groups excluding carboxylic acids is 2. The molecule has 2 amide bonds. The zero-order chi connectivity index (χ0) is 9.56. The number of nitrogens with two attached hydrogens (primary N) is 2. The first kappa shape index (κ1) is 10.9. The van der Waals surface area contributed by atoms with Gasteiger partial charge >= 0.3 is 0 Å². The fourth-order valence-electron chi connectivity index (χ4n) is 0.494. The second-order valence-electron chi connectivity index (χ2n) is 2.29. The fraction of sp³-hybridized carbons (Fsp3) is 0.667. The van der Waals surface area contributed by atoms with Crippen LogP contribution in [0.4, 0.5) is 0 Å². The summed E-state index contributed by atoms with van der Waals surface area (Å²) in [7, 11) is 0. The Bertz CT molecular complexity index is 171. The molecule has 0 aromatic carbocycles. The van der Waals surface area contributed by atoms with E-state index >= 15 is 0 Å². The zero-order valence-corrected chi connectivity index (χ0v) is 6.96. The van der Waals surface area contributed by atoms with Crippen molar-refractivity contribution in [2.24, 2.45) is 11.5 Å². The summed E-state index contributed by atoms with van der Waals surface area (Å²) < 4.78 is 0. The normalized spacial score (nSPS) is 11.9. The van der Waals surface area contributed by atoms with Crippen LogP contribution in [0.25, 0.3) is 0 Å². The quantitative estimate of drug-likeness (QED) is 0.352. The van der Waals surface area contributed by atoms with Crippen molar-refractivity contribution in [3.05, 3.63) is 0 Å². The van der Waals surface area contributed by atoms with E-state index in [-0.39, 0.29) is 25.0 Å². The Balaban J connectivity index is 3.50. The third-order valence-electron chi connectivity index (χ3n) is 1.19. The van der Waals surface area contributed by atoms with Crippen LogP contribution in [0.5, 0.6) is 0 Å². The first-order chi connectivity index (χ1) is 5.57. The lowest BCUT2D eigenvalue weighted by atomic mass is 10.3. The summed E-state index contributed by atoms with van der Waals surface area (Å²) >= 11 is 0. The number of hydrogen-bond acceptors (Lipinski definition) is 4. The van der Waals surface area contributed by atoms with Gasteiger partial charge in [-0.2, -0.15) is 0 Å². The van der Waals surface area contributed by atoms with Crippen LogP contribution < -0.4 is 22.1 Å². The van der Waals surface area contributed by atoms with Crippen molar-refractivity contribution in [1.82, 2.24) is 10.6 Å². The molecule has 0 saturated heterocycles. The van der Waals surface area contributed by atoms with Crippen LogP contribution in [0, 0.1) is 0 Å². The van der Waals surface area contributed by atoms with Gasteiger partial charge in [-0.25, -0.2) is 0 Å². The summed E-state index contributed by atoms with van der Waals surface area (Å²) in [5, 5.41) is 4.78. The highest BCUT2D eigenvalue weighted by molar-refractivity contribution is 5.82. The van der Waals surface area contributed by atoms with E-state index in [2.05, 4.69) is 10.6 Å². The molecule has 1 unspecified atom stereocenters. The standard InChI is InChI=1S/C6H14N4O2/c1-4(11)9-3-10-6(12)5(8)2-7/h5H,2-3,7-8H2,1H3,(H,9,11)(H,10,12). The third-order valence-corrected chi connectivity index (χ3v) is 1.19. The first-order valence-corrected chi connectivity index (χ1v) is 3.55. The molecule has 0 saturated carbocycles. The molecule has 0 radical (unpaired) electrons. The number of nitrogens with one attached hydrogen (secondary N) is 2. The van der Waals surface area contributed by atoms with Gasteiger partial charge in [-0.15, -0.1) is 0 Å². The van der Waals surface area contributed by atoms with E-state index in [1.165, 1.54) is 6.92 Å². The monoisotopic (exact) mass is 174 g/mol. The molecular weight excluding hydrogens is 160 g/mol. The molecule has 0 rings (SSSR count). The van der Waals surface area contributed by atoms with E-state index in [0.29, 0.717) is 0 Å². The molecule has 0 fully saturated rings. The molecule has 12 heavy (non-hydrogen) atoms. The summed E-state index contributed by atoms with van der Waals surface area (Å²) in [6.45, 7) is 1.53. The average molecular weight is 174 g/mol. The van der Waals surface area contributed by atoms with Crippen LogP contribution in [0.15, 0.2) is 0 Å². The van der Waals surface area contributed by atoms with Crippen molar-refractivity contribution in [2.45, 2.75) is 13.0 Å². The van der Waals surface area contributed by atoms with E-state index in [9.17, 15) is 9.59 Å². The first-order valence-electron chi connectivity index (χ1n) is 3.55. The highest BCUT2D eigenvalue weighted by Crippen LogP contribution is 1.72. The van der Waals surface area contributed by atoms with Crippen molar-refractivity contribution in [1.29, 1.82) is 0 Å². The molecule has 0 heterocycles. The topological polar surface area (TPSA) is 110 Å². The van der Waals surface area contributed by atoms with Crippen LogP contribution in [-0.4, -0.2) is 31.1 Å². The van der Waals surface area contributed by atoms with Crippen molar-refractivity contribution in [2.75, 3.05) is 13.2 Å². The van der Waals surface area contributed by atoms with E-state index < -0.39 is 6.04 Å². The summed E-state index contributed by atoms with van der Waals surface area (Å²) in [5.41, 5.74) is 10.4. The smallest absolute Gasteiger partial charge is 0.239 e. The number of carbonyl (C=O) groups is 2. The molecule has 0 aromatic rings. The van der Waals surface area contributed by atoms with Crippen LogP contribution in [-0.2, 0) is 9.59 Å². The van der Waals surface area contributed by atoms with Gasteiger partial charge in [0.2, 0.25) is 11.8 Å². The predicted molar refractivity (Wildman–Crippen MR) is 43.9 cm³/mol. The fourth-order valence-corrected chi connectivity index (χ4v) is 0.494. The minimum atomic E-state index is -0.709. The molecule has 0 spiro atoms. The minimum Gasteiger partial charge on any atom is -0.339 e. The van der Waals surface area contributed by atoms with Gasteiger partial charge in [-0.1, -0.05) is 0 Å². The van der Waals surface area contributed by atoms with E-state index in [4.69, 9.17) is 11.5 Å². The lowest BCUT2D eigenvalue weighted by Crippen LogP contribution is -2.48. The van der Waals surface area contributed by atoms with Crippen molar-refractivity contribution >= 4 is 11.8 Å². The maximum Gasteiger partial charge on any atom is 0.239 e. The van der Waals surface area contributed by atoms with E-state index in [0.717, 1.165) is 0 Å². The molecule has 0 aromatic heterocycles. The maximum atomic E-state index is 10.9. The van der Waals surface area contributed by atoms with E-state index in [1.54, 1.807) is 0 Å². The van der Waals surface area contributed by atoms with Crippen molar-refractivity contribution in [3.8, 4) is 0 Å². The number of rotatable bonds is 4. The second kappa shape index (κ2) is 5.50. The number of hydrogen-bond donors (Lipinski definition) is 4. The average Bonchev–Trinajstić information content (AvgIpc) is 2.02.